The number of carbonyl (C=O) groups excluding carboxylic acids is 1. The van der Waals surface area contributed by atoms with E-state index >= 15 is 0 Å². The predicted octanol–water partition coefficient (Wildman–Crippen LogP) is 2.64. The molecule has 2 aliphatic heterocycles. The van der Waals surface area contributed by atoms with Gasteiger partial charge in [0, 0.05) is 45.5 Å². The van der Waals surface area contributed by atoms with Crippen molar-refractivity contribution in [2.45, 2.75) is 38.4 Å². The first-order valence-corrected chi connectivity index (χ1v) is 9.61. The Bertz CT molecular complexity index is 723. The molecular weight excluding hydrogens is 326 g/mol. The normalized spacial score (nSPS) is 20.2. The molecule has 0 bridgehead atoms. The van der Waals surface area contributed by atoms with Gasteiger partial charge in [-0.15, -0.1) is 0 Å². The molecule has 0 spiro atoms. The van der Waals surface area contributed by atoms with Crippen molar-refractivity contribution in [1.82, 2.24) is 24.9 Å². The fourth-order valence-corrected chi connectivity index (χ4v) is 4.02. The van der Waals surface area contributed by atoms with Crippen LogP contribution in [0.25, 0.3) is 0 Å². The minimum Gasteiger partial charge on any atom is -0.338 e. The van der Waals surface area contributed by atoms with E-state index in [1.165, 1.54) is 11.3 Å². The van der Waals surface area contributed by atoms with Crippen molar-refractivity contribution < 1.29 is 4.79 Å². The topological polar surface area (TPSA) is 53.4 Å². The summed E-state index contributed by atoms with van der Waals surface area (Å²) in [6, 6.07) is 13.1. The third-order valence-corrected chi connectivity index (χ3v) is 5.35. The number of nitrogens with one attached hydrogen (secondary N) is 1. The van der Waals surface area contributed by atoms with Crippen molar-refractivity contribution >= 4 is 6.03 Å². The zero-order valence-electron chi connectivity index (χ0n) is 15.2. The molecule has 0 saturated carbocycles. The number of rotatable bonds is 5. The number of fused-ring (bicyclic) bond motifs is 1. The number of likely N-dealkylation sites (tertiary alicyclic amines) is 1. The number of benzene rings is 1. The van der Waals surface area contributed by atoms with E-state index in [1.54, 1.807) is 0 Å². The highest BCUT2D eigenvalue weighted by atomic mass is 16.2. The van der Waals surface area contributed by atoms with Crippen LogP contribution in [-0.4, -0.2) is 51.8 Å². The Morgan fingerprint density at radius 1 is 1.15 bits per heavy atom. The van der Waals surface area contributed by atoms with E-state index in [4.69, 9.17) is 0 Å². The van der Waals surface area contributed by atoms with E-state index in [0.29, 0.717) is 12.6 Å². The van der Waals surface area contributed by atoms with E-state index in [2.05, 4.69) is 56.4 Å². The Hall–Kier alpha value is -2.34. The van der Waals surface area contributed by atoms with Crippen LogP contribution in [0.5, 0.6) is 0 Å². The molecule has 1 N–H and O–H groups in total. The van der Waals surface area contributed by atoms with Gasteiger partial charge in [0.25, 0.3) is 0 Å². The molecular formula is C20H27N5O. The summed E-state index contributed by atoms with van der Waals surface area (Å²) in [6.07, 6.45) is 5.04. The molecule has 2 aliphatic rings. The van der Waals surface area contributed by atoms with Gasteiger partial charge in [0.2, 0.25) is 0 Å². The minimum absolute atomic E-state index is 0.0835. The number of carbonyl (C=O) groups is 1. The van der Waals surface area contributed by atoms with Gasteiger partial charge in [0.15, 0.2) is 0 Å². The first kappa shape index (κ1) is 17.1. The highest BCUT2D eigenvalue weighted by Gasteiger charge is 2.26. The zero-order chi connectivity index (χ0) is 17.8. The first-order valence-electron chi connectivity index (χ1n) is 9.61. The van der Waals surface area contributed by atoms with Crippen molar-refractivity contribution in [3.8, 4) is 0 Å². The molecule has 0 aliphatic carbocycles. The van der Waals surface area contributed by atoms with Crippen LogP contribution in [0.1, 0.15) is 36.6 Å². The average molecular weight is 353 g/mol. The standard InChI is InChI=1S/C20H27N5O/c26-20(24-12-4-5-13-24)21-10-8-18-15-23(14-17-6-2-1-3-7-17)16-19-9-11-22-25(18)19/h1-3,6-7,9,11,18H,4-5,8,10,12-16H2,(H,21,26)/t18-/m0/s1. The highest BCUT2D eigenvalue weighted by Crippen LogP contribution is 2.24. The molecule has 4 rings (SSSR count). The van der Waals surface area contributed by atoms with Crippen molar-refractivity contribution in [3.63, 3.8) is 0 Å². The summed E-state index contributed by atoms with van der Waals surface area (Å²) in [5.74, 6) is 0. The van der Waals surface area contributed by atoms with Crippen LogP contribution in [-0.2, 0) is 13.1 Å². The van der Waals surface area contributed by atoms with Crippen molar-refractivity contribution in [1.29, 1.82) is 0 Å². The van der Waals surface area contributed by atoms with Gasteiger partial charge in [-0.3, -0.25) is 9.58 Å². The van der Waals surface area contributed by atoms with Crippen LogP contribution in [0.3, 0.4) is 0 Å². The van der Waals surface area contributed by atoms with Crippen LogP contribution in [0, 0.1) is 0 Å². The summed E-state index contributed by atoms with van der Waals surface area (Å²) < 4.78 is 2.14. The fourth-order valence-electron chi connectivity index (χ4n) is 4.02. The molecule has 3 heterocycles. The fraction of sp³-hybridized carbons (Fsp3) is 0.500. The maximum Gasteiger partial charge on any atom is 0.317 e. The van der Waals surface area contributed by atoms with Gasteiger partial charge in [-0.2, -0.15) is 5.10 Å². The lowest BCUT2D eigenvalue weighted by Crippen LogP contribution is -2.41. The van der Waals surface area contributed by atoms with Gasteiger partial charge in [0.1, 0.15) is 0 Å². The summed E-state index contributed by atoms with van der Waals surface area (Å²) in [5, 5.41) is 7.61. The van der Waals surface area contributed by atoms with Gasteiger partial charge in [-0.1, -0.05) is 30.3 Å². The van der Waals surface area contributed by atoms with Crippen molar-refractivity contribution in [2.75, 3.05) is 26.2 Å². The van der Waals surface area contributed by atoms with Crippen LogP contribution >= 0.6 is 0 Å². The van der Waals surface area contributed by atoms with Crippen molar-refractivity contribution in [3.05, 3.63) is 53.9 Å². The second kappa shape index (κ2) is 7.91. The molecule has 26 heavy (non-hydrogen) atoms. The Balaban J connectivity index is 1.35. The molecule has 138 valence electrons. The van der Waals surface area contributed by atoms with E-state index in [1.807, 2.05) is 11.1 Å². The Labute approximate surface area is 154 Å². The number of hydrogen-bond donors (Lipinski definition) is 1. The summed E-state index contributed by atoms with van der Waals surface area (Å²) in [5.41, 5.74) is 2.59. The number of urea groups is 1. The summed E-state index contributed by atoms with van der Waals surface area (Å²) >= 11 is 0. The Morgan fingerprint density at radius 3 is 2.77 bits per heavy atom. The third kappa shape index (κ3) is 3.90. The molecule has 1 atom stereocenters. The number of aromatic nitrogens is 2. The first-order chi connectivity index (χ1) is 12.8. The smallest absolute Gasteiger partial charge is 0.317 e. The Morgan fingerprint density at radius 2 is 1.96 bits per heavy atom. The molecule has 6 heteroatoms. The second-order valence-corrected chi connectivity index (χ2v) is 7.29. The molecule has 1 aromatic heterocycles. The minimum atomic E-state index is 0.0835. The lowest BCUT2D eigenvalue weighted by Gasteiger charge is -2.34. The van der Waals surface area contributed by atoms with Gasteiger partial charge < -0.3 is 10.2 Å². The molecule has 1 aromatic carbocycles. The largest absolute Gasteiger partial charge is 0.338 e. The van der Waals surface area contributed by atoms with Gasteiger partial charge in [-0.25, -0.2) is 4.79 Å². The van der Waals surface area contributed by atoms with Gasteiger partial charge >= 0.3 is 6.03 Å². The molecule has 2 aromatic rings. The summed E-state index contributed by atoms with van der Waals surface area (Å²) in [4.78, 5) is 16.6. The van der Waals surface area contributed by atoms with E-state index in [0.717, 1.165) is 52.0 Å². The maximum absolute atomic E-state index is 12.2. The summed E-state index contributed by atoms with van der Waals surface area (Å²) in [6.45, 7) is 5.31. The van der Waals surface area contributed by atoms with Crippen LogP contribution in [0.15, 0.2) is 42.6 Å². The summed E-state index contributed by atoms with van der Waals surface area (Å²) in [7, 11) is 0. The molecule has 1 saturated heterocycles. The number of amides is 2. The molecule has 2 amide bonds. The predicted molar refractivity (Wildman–Crippen MR) is 101 cm³/mol. The van der Waals surface area contributed by atoms with Crippen molar-refractivity contribution in [2.24, 2.45) is 0 Å². The lowest BCUT2D eigenvalue weighted by atomic mass is 10.1. The molecule has 0 radical (unpaired) electrons. The van der Waals surface area contributed by atoms with Crippen LogP contribution < -0.4 is 5.32 Å². The molecule has 6 nitrogen and oxygen atoms in total. The highest BCUT2D eigenvalue weighted by molar-refractivity contribution is 5.74. The van der Waals surface area contributed by atoms with Crippen LogP contribution in [0.4, 0.5) is 4.79 Å². The van der Waals surface area contributed by atoms with E-state index in [9.17, 15) is 4.79 Å². The SMILES string of the molecule is O=C(NCC[C@H]1CN(Cc2ccccc2)Cc2ccnn21)N1CCCC1. The molecule has 1 fully saturated rings. The van der Waals surface area contributed by atoms with Crippen LogP contribution in [0.2, 0.25) is 0 Å². The number of hydrogen-bond acceptors (Lipinski definition) is 3. The Kier molecular flexibility index (Phi) is 5.20. The average Bonchev–Trinajstić information content (AvgIpc) is 3.34. The lowest BCUT2D eigenvalue weighted by molar-refractivity contribution is 0.160. The maximum atomic E-state index is 12.2. The quantitative estimate of drug-likeness (QED) is 0.899. The van der Waals surface area contributed by atoms with Gasteiger partial charge in [0.05, 0.1) is 11.7 Å². The zero-order valence-corrected chi connectivity index (χ0v) is 15.2. The molecule has 0 unspecified atom stereocenters. The monoisotopic (exact) mass is 353 g/mol. The second-order valence-electron chi connectivity index (χ2n) is 7.29. The van der Waals surface area contributed by atoms with Gasteiger partial charge in [-0.05, 0) is 30.9 Å². The third-order valence-electron chi connectivity index (χ3n) is 5.35. The van der Waals surface area contributed by atoms with E-state index in [-0.39, 0.29) is 6.03 Å². The van der Waals surface area contributed by atoms with E-state index < -0.39 is 0 Å². The number of nitrogens with zero attached hydrogens (tertiary/aromatic N) is 4.